The van der Waals surface area contributed by atoms with Crippen LogP contribution < -0.4 is 4.74 Å². The summed E-state index contributed by atoms with van der Waals surface area (Å²) in [5.41, 5.74) is 1.94. The lowest BCUT2D eigenvalue weighted by Crippen LogP contribution is -2.36. The van der Waals surface area contributed by atoms with Crippen molar-refractivity contribution < 1.29 is 13.9 Å². The first kappa shape index (κ1) is 18.6. The SMILES string of the molecule is O=C(COc1ccccc1F)N(CCc1ccccc1)Cc1ccccn1. The molecular weight excluding hydrogens is 343 g/mol. The molecule has 4 nitrogen and oxygen atoms in total. The molecule has 0 bridgehead atoms. The van der Waals surface area contributed by atoms with Crippen LogP contribution in [0, 0.1) is 5.82 Å². The average Bonchev–Trinajstić information content (AvgIpc) is 2.72. The van der Waals surface area contributed by atoms with Gasteiger partial charge in [0.2, 0.25) is 0 Å². The Bertz CT molecular complexity index is 856. The van der Waals surface area contributed by atoms with Crippen LogP contribution in [0.2, 0.25) is 0 Å². The number of nitrogens with zero attached hydrogens (tertiary/aromatic N) is 2. The average molecular weight is 364 g/mol. The summed E-state index contributed by atoms with van der Waals surface area (Å²) in [5, 5.41) is 0. The van der Waals surface area contributed by atoms with E-state index in [9.17, 15) is 9.18 Å². The highest BCUT2D eigenvalue weighted by molar-refractivity contribution is 5.77. The summed E-state index contributed by atoms with van der Waals surface area (Å²) in [7, 11) is 0. The van der Waals surface area contributed by atoms with Crippen LogP contribution in [0.5, 0.6) is 5.75 Å². The maximum atomic E-state index is 13.7. The van der Waals surface area contributed by atoms with Crippen LogP contribution in [0.1, 0.15) is 11.3 Å². The van der Waals surface area contributed by atoms with Crippen LogP contribution >= 0.6 is 0 Å². The number of para-hydroxylation sites is 1. The van der Waals surface area contributed by atoms with Crippen LogP contribution in [-0.4, -0.2) is 28.9 Å². The minimum Gasteiger partial charge on any atom is -0.481 e. The Morgan fingerprint density at radius 2 is 1.70 bits per heavy atom. The zero-order valence-corrected chi connectivity index (χ0v) is 14.9. The number of aromatic nitrogens is 1. The lowest BCUT2D eigenvalue weighted by molar-refractivity contribution is -0.134. The topological polar surface area (TPSA) is 42.4 Å². The van der Waals surface area contributed by atoms with E-state index in [-0.39, 0.29) is 18.3 Å². The molecule has 0 fully saturated rings. The lowest BCUT2D eigenvalue weighted by atomic mass is 10.1. The summed E-state index contributed by atoms with van der Waals surface area (Å²) in [4.78, 5) is 18.7. The number of amides is 1. The first-order valence-corrected chi connectivity index (χ1v) is 8.81. The fourth-order valence-corrected chi connectivity index (χ4v) is 2.68. The number of halogens is 1. The second kappa shape index (κ2) is 9.48. The summed E-state index contributed by atoms with van der Waals surface area (Å²) in [6.45, 7) is 0.690. The van der Waals surface area contributed by atoms with Crippen molar-refractivity contribution in [3.8, 4) is 5.75 Å². The molecule has 0 unspecified atom stereocenters. The van der Waals surface area contributed by atoms with Gasteiger partial charge in [-0.2, -0.15) is 0 Å². The summed E-state index contributed by atoms with van der Waals surface area (Å²) in [6.07, 6.45) is 2.42. The van der Waals surface area contributed by atoms with Gasteiger partial charge in [0.25, 0.3) is 5.91 Å². The first-order chi connectivity index (χ1) is 13.2. The zero-order chi connectivity index (χ0) is 18.9. The summed E-state index contributed by atoms with van der Waals surface area (Å²) >= 11 is 0. The largest absolute Gasteiger partial charge is 0.481 e. The Morgan fingerprint density at radius 3 is 2.44 bits per heavy atom. The number of pyridine rings is 1. The summed E-state index contributed by atoms with van der Waals surface area (Å²) in [6, 6.07) is 21.6. The van der Waals surface area contributed by atoms with E-state index < -0.39 is 5.82 Å². The first-order valence-electron chi connectivity index (χ1n) is 8.81. The monoisotopic (exact) mass is 364 g/mol. The number of carbonyl (C=O) groups excluding carboxylic acids is 1. The van der Waals surface area contributed by atoms with Gasteiger partial charge in [-0.05, 0) is 36.2 Å². The number of carbonyl (C=O) groups is 1. The molecule has 0 aliphatic carbocycles. The predicted octanol–water partition coefficient (Wildman–Crippen LogP) is 3.87. The van der Waals surface area contributed by atoms with Crippen molar-refractivity contribution >= 4 is 5.91 Å². The van der Waals surface area contributed by atoms with Gasteiger partial charge in [0.05, 0.1) is 12.2 Å². The molecule has 1 amide bonds. The third-order valence-electron chi connectivity index (χ3n) is 4.13. The molecule has 3 rings (SSSR count). The van der Waals surface area contributed by atoms with Crippen LogP contribution in [-0.2, 0) is 17.8 Å². The highest BCUT2D eigenvalue weighted by atomic mass is 19.1. The zero-order valence-electron chi connectivity index (χ0n) is 14.9. The van der Waals surface area contributed by atoms with Crippen molar-refractivity contribution in [2.45, 2.75) is 13.0 Å². The Labute approximate surface area is 158 Å². The molecule has 1 heterocycles. The normalized spacial score (nSPS) is 10.4. The van der Waals surface area contributed by atoms with Gasteiger partial charge in [0.1, 0.15) is 0 Å². The highest BCUT2D eigenvalue weighted by Gasteiger charge is 2.16. The number of ether oxygens (including phenoxy) is 1. The van der Waals surface area contributed by atoms with Crippen molar-refractivity contribution in [2.24, 2.45) is 0 Å². The number of hydrogen-bond donors (Lipinski definition) is 0. The second-order valence-electron chi connectivity index (χ2n) is 6.09. The van der Waals surface area contributed by atoms with Crippen LogP contribution in [0.25, 0.3) is 0 Å². The molecular formula is C22H21FN2O2. The van der Waals surface area contributed by atoms with E-state index >= 15 is 0 Å². The van der Waals surface area contributed by atoms with Gasteiger partial charge in [-0.15, -0.1) is 0 Å². The smallest absolute Gasteiger partial charge is 0.260 e. The Kier molecular flexibility index (Phi) is 6.52. The maximum absolute atomic E-state index is 13.7. The number of benzene rings is 2. The molecule has 27 heavy (non-hydrogen) atoms. The number of hydrogen-bond acceptors (Lipinski definition) is 3. The molecule has 0 saturated carbocycles. The molecule has 0 N–H and O–H groups in total. The van der Waals surface area contributed by atoms with Crippen molar-refractivity contribution in [1.82, 2.24) is 9.88 Å². The van der Waals surface area contributed by atoms with E-state index in [1.165, 1.54) is 12.1 Å². The van der Waals surface area contributed by atoms with Crippen LogP contribution in [0.15, 0.2) is 79.0 Å². The van der Waals surface area contributed by atoms with Crippen molar-refractivity contribution in [3.05, 3.63) is 96.1 Å². The number of rotatable bonds is 8. The highest BCUT2D eigenvalue weighted by Crippen LogP contribution is 2.15. The lowest BCUT2D eigenvalue weighted by Gasteiger charge is -2.22. The molecule has 3 aromatic rings. The van der Waals surface area contributed by atoms with Crippen LogP contribution in [0.3, 0.4) is 0 Å². The molecule has 0 atom stereocenters. The van der Waals surface area contributed by atoms with Gasteiger partial charge in [-0.25, -0.2) is 4.39 Å². The third-order valence-corrected chi connectivity index (χ3v) is 4.13. The van der Waals surface area contributed by atoms with E-state index in [2.05, 4.69) is 4.98 Å². The quantitative estimate of drug-likeness (QED) is 0.609. The maximum Gasteiger partial charge on any atom is 0.260 e. The molecule has 0 aliphatic heterocycles. The summed E-state index contributed by atoms with van der Waals surface area (Å²) in [5.74, 6) is -0.614. The Balaban J connectivity index is 1.66. The fraction of sp³-hybridized carbons (Fsp3) is 0.182. The van der Waals surface area contributed by atoms with E-state index in [0.29, 0.717) is 13.1 Å². The minimum absolute atomic E-state index is 0.0756. The van der Waals surface area contributed by atoms with Crippen molar-refractivity contribution in [2.75, 3.05) is 13.2 Å². The standard InChI is InChI=1S/C22H21FN2O2/c23-20-11-4-5-12-21(20)27-17-22(26)25(16-19-10-6-7-14-24-19)15-13-18-8-2-1-3-9-18/h1-12,14H,13,15-17H2. The Morgan fingerprint density at radius 1 is 0.963 bits per heavy atom. The molecule has 0 saturated heterocycles. The van der Waals surface area contributed by atoms with Gasteiger partial charge in [-0.1, -0.05) is 48.5 Å². The van der Waals surface area contributed by atoms with Gasteiger partial charge in [-0.3, -0.25) is 9.78 Å². The van der Waals surface area contributed by atoms with Gasteiger partial charge >= 0.3 is 0 Å². The van der Waals surface area contributed by atoms with Crippen molar-refractivity contribution in [1.29, 1.82) is 0 Å². The van der Waals surface area contributed by atoms with Crippen LogP contribution in [0.4, 0.5) is 4.39 Å². The minimum atomic E-state index is -0.481. The predicted molar refractivity (Wildman–Crippen MR) is 102 cm³/mol. The molecule has 2 aromatic carbocycles. The summed E-state index contributed by atoms with van der Waals surface area (Å²) < 4.78 is 19.1. The molecule has 0 spiro atoms. The van der Waals surface area contributed by atoms with Gasteiger partial charge in [0, 0.05) is 12.7 Å². The fourth-order valence-electron chi connectivity index (χ4n) is 2.68. The van der Waals surface area contributed by atoms with E-state index in [0.717, 1.165) is 17.7 Å². The van der Waals surface area contributed by atoms with E-state index in [1.54, 1.807) is 23.2 Å². The second-order valence-corrected chi connectivity index (χ2v) is 6.09. The molecule has 138 valence electrons. The molecule has 0 radical (unpaired) electrons. The van der Waals surface area contributed by atoms with E-state index in [1.807, 2.05) is 48.5 Å². The van der Waals surface area contributed by atoms with Crippen molar-refractivity contribution in [3.63, 3.8) is 0 Å². The third kappa shape index (κ3) is 5.64. The molecule has 0 aliphatic rings. The van der Waals surface area contributed by atoms with Gasteiger partial charge in [0.15, 0.2) is 18.2 Å². The van der Waals surface area contributed by atoms with Gasteiger partial charge < -0.3 is 9.64 Å². The Hall–Kier alpha value is -3.21. The molecule has 5 heteroatoms. The van der Waals surface area contributed by atoms with E-state index in [4.69, 9.17) is 4.74 Å². The molecule has 1 aromatic heterocycles.